The fourth-order valence-corrected chi connectivity index (χ4v) is 1.73. The zero-order valence-electron chi connectivity index (χ0n) is 10.2. The second-order valence-electron chi connectivity index (χ2n) is 4.49. The van der Waals surface area contributed by atoms with Gasteiger partial charge in [-0.05, 0) is 37.6 Å². The van der Waals surface area contributed by atoms with Crippen molar-refractivity contribution in [2.45, 2.75) is 32.6 Å². The van der Waals surface area contributed by atoms with Crippen LogP contribution in [0.25, 0.3) is 0 Å². The maximum Gasteiger partial charge on any atom is 0.0700 e. The molecule has 0 aromatic carbocycles. The van der Waals surface area contributed by atoms with Crippen molar-refractivity contribution in [3.05, 3.63) is 0 Å². The first kappa shape index (κ1) is 12.9. The van der Waals surface area contributed by atoms with Gasteiger partial charge in [0.1, 0.15) is 0 Å². The van der Waals surface area contributed by atoms with Crippen LogP contribution < -0.4 is 5.32 Å². The fourth-order valence-electron chi connectivity index (χ4n) is 1.73. The van der Waals surface area contributed by atoms with Crippen molar-refractivity contribution in [3.63, 3.8) is 0 Å². The van der Waals surface area contributed by atoms with Crippen molar-refractivity contribution in [2.75, 3.05) is 40.0 Å². The summed E-state index contributed by atoms with van der Waals surface area (Å²) in [6.45, 7) is 6.83. The van der Waals surface area contributed by atoms with Gasteiger partial charge in [-0.25, -0.2) is 0 Å². The second-order valence-corrected chi connectivity index (χ2v) is 4.49. The fraction of sp³-hybridized carbons (Fsp3) is 1.00. The van der Waals surface area contributed by atoms with Crippen LogP contribution in [0.3, 0.4) is 0 Å². The van der Waals surface area contributed by atoms with Gasteiger partial charge in [0, 0.05) is 20.3 Å². The van der Waals surface area contributed by atoms with Gasteiger partial charge in [-0.3, -0.25) is 0 Å². The molecule has 0 saturated heterocycles. The molecule has 1 rings (SSSR count). The van der Waals surface area contributed by atoms with E-state index in [-0.39, 0.29) is 0 Å². The summed E-state index contributed by atoms with van der Waals surface area (Å²) in [5, 5.41) is 3.52. The molecule has 1 N–H and O–H groups in total. The first-order valence-electron chi connectivity index (χ1n) is 6.10. The van der Waals surface area contributed by atoms with E-state index in [4.69, 9.17) is 9.47 Å². The third kappa shape index (κ3) is 5.50. The predicted octanol–water partition coefficient (Wildman–Crippen LogP) is 1.82. The van der Waals surface area contributed by atoms with Crippen molar-refractivity contribution in [2.24, 2.45) is 5.41 Å². The van der Waals surface area contributed by atoms with Crippen LogP contribution in [-0.2, 0) is 9.47 Å². The molecule has 3 nitrogen and oxygen atoms in total. The van der Waals surface area contributed by atoms with Crippen LogP contribution in [0.5, 0.6) is 0 Å². The van der Waals surface area contributed by atoms with Gasteiger partial charge >= 0.3 is 0 Å². The quantitative estimate of drug-likeness (QED) is 0.564. The number of hydrogen-bond acceptors (Lipinski definition) is 3. The molecule has 0 unspecified atom stereocenters. The Labute approximate surface area is 93.5 Å². The molecular formula is C12H25NO2. The van der Waals surface area contributed by atoms with E-state index in [1.165, 1.54) is 25.8 Å². The number of nitrogens with one attached hydrogen (secondary N) is 1. The van der Waals surface area contributed by atoms with E-state index in [1.807, 2.05) is 0 Å². The average molecular weight is 215 g/mol. The third-order valence-electron chi connectivity index (χ3n) is 3.28. The van der Waals surface area contributed by atoms with Gasteiger partial charge in [0.05, 0.1) is 13.2 Å². The lowest BCUT2D eigenvalue weighted by Gasteiger charge is -2.13. The minimum absolute atomic E-state index is 0.664. The molecule has 90 valence electrons. The van der Waals surface area contributed by atoms with Crippen LogP contribution in [-0.4, -0.2) is 40.0 Å². The first-order chi connectivity index (χ1) is 7.33. The molecule has 15 heavy (non-hydrogen) atoms. The first-order valence-corrected chi connectivity index (χ1v) is 6.10. The number of methoxy groups -OCH3 is 1. The van der Waals surface area contributed by atoms with Crippen LogP contribution in [0, 0.1) is 5.41 Å². The molecule has 0 spiro atoms. The maximum atomic E-state index is 5.38. The minimum Gasteiger partial charge on any atom is -0.382 e. The van der Waals surface area contributed by atoms with Crippen molar-refractivity contribution in [3.8, 4) is 0 Å². The molecule has 0 aliphatic heterocycles. The van der Waals surface area contributed by atoms with E-state index < -0.39 is 0 Å². The van der Waals surface area contributed by atoms with E-state index >= 15 is 0 Å². The Balaban J connectivity index is 1.77. The van der Waals surface area contributed by atoms with Crippen molar-refractivity contribution in [1.29, 1.82) is 0 Å². The molecule has 1 fully saturated rings. The highest BCUT2D eigenvalue weighted by Gasteiger charge is 2.39. The molecule has 0 heterocycles. The summed E-state index contributed by atoms with van der Waals surface area (Å²) in [6, 6.07) is 0. The van der Waals surface area contributed by atoms with Gasteiger partial charge in [-0.2, -0.15) is 0 Å². The molecule has 1 aliphatic rings. The zero-order chi connectivity index (χ0) is 11.0. The van der Waals surface area contributed by atoms with E-state index in [0.717, 1.165) is 26.2 Å². The Bertz CT molecular complexity index is 158. The highest BCUT2D eigenvalue weighted by Crippen LogP contribution is 2.47. The van der Waals surface area contributed by atoms with Gasteiger partial charge in [0.15, 0.2) is 0 Å². The van der Waals surface area contributed by atoms with Gasteiger partial charge in [0.25, 0.3) is 0 Å². The molecule has 3 heteroatoms. The Hall–Kier alpha value is -0.120. The van der Waals surface area contributed by atoms with Crippen molar-refractivity contribution >= 4 is 0 Å². The van der Waals surface area contributed by atoms with Crippen LogP contribution in [0.2, 0.25) is 0 Å². The molecule has 0 aromatic rings. The summed E-state index contributed by atoms with van der Waals surface area (Å²) in [5.74, 6) is 0. The highest BCUT2D eigenvalue weighted by atomic mass is 16.5. The summed E-state index contributed by atoms with van der Waals surface area (Å²) >= 11 is 0. The molecule has 0 atom stereocenters. The largest absolute Gasteiger partial charge is 0.382 e. The average Bonchev–Trinajstić information content (AvgIpc) is 3.03. The van der Waals surface area contributed by atoms with Crippen molar-refractivity contribution < 1.29 is 9.47 Å². The summed E-state index contributed by atoms with van der Waals surface area (Å²) in [6.07, 6.45) is 5.26. The topological polar surface area (TPSA) is 30.5 Å². The van der Waals surface area contributed by atoms with Crippen LogP contribution in [0.1, 0.15) is 32.6 Å². The smallest absolute Gasteiger partial charge is 0.0700 e. The molecule has 0 amide bonds. The molecule has 0 bridgehead atoms. The summed E-state index contributed by atoms with van der Waals surface area (Å²) in [5.41, 5.74) is 0.664. The molecule has 1 saturated carbocycles. The lowest BCUT2D eigenvalue weighted by atomic mass is 10.0. The standard InChI is InChI=1S/C12H25NO2/c1-3-12(5-6-12)11-13-7-4-8-15-10-9-14-2/h13H,3-11H2,1-2H3. The molecule has 1 aliphatic carbocycles. The number of ether oxygens (including phenoxy) is 2. The van der Waals surface area contributed by atoms with Gasteiger partial charge < -0.3 is 14.8 Å². The maximum absolute atomic E-state index is 5.38. The SMILES string of the molecule is CCC1(CNCCCOCCOC)CC1. The predicted molar refractivity (Wildman–Crippen MR) is 62.1 cm³/mol. The lowest BCUT2D eigenvalue weighted by Crippen LogP contribution is -2.25. The van der Waals surface area contributed by atoms with Gasteiger partial charge in [-0.15, -0.1) is 0 Å². The van der Waals surface area contributed by atoms with E-state index in [9.17, 15) is 0 Å². The normalized spacial score (nSPS) is 18.0. The summed E-state index contributed by atoms with van der Waals surface area (Å²) < 4.78 is 10.3. The van der Waals surface area contributed by atoms with Crippen molar-refractivity contribution in [1.82, 2.24) is 5.32 Å². The van der Waals surface area contributed by atoms with E-state index in [0.29, 0.717) is 12.0 Å². The monoisotopic (exact) mass is 215 g/mol. The van der Waals surface area contributed by atoms with E-state index in [1.54, 1.807) is 7.11 Å². The number of hydrogen-bond donors (Lipinski definition) is 1. The Morgan fingerprint density at radius 1 is 1.20 bits per heavy atom. The molecule has 0 aromatic heterocycles. The molecule has 0 radical (unpaired) electrons. The number of rotatable bonds is 10. The summed E-state index contributed by atoms with van der Waals surface area (Å²) in [7, 11) is 1.70. The van der Waals surface area contributed by atoms with Gasteiger partial charge in [0.2, 0.25) is 0 Å². The highest BCUT2D eigenvalue weighted by molar-refractivity contribution is 4.93. The minimum atomic E-state index is 0.664. The van der Waals surface area contributed by atoms with Gasteiger partial charge in [-0.1, -0.05) is 6.92 Å². The van der Waals surface area contributed by atoms with E-state index in [2.05, 4.69) is 12.2 Å². The van der Waals surface area contributed by atoms with Crippen LogP contribution in [0.4, 0.5) is 0 Å². The molecular weight excluding hydrogens is 190 g/mol. The zero-order valence-corrected chi connectivity index (χ0v) is 10.2. The Morgan fingerprint density at radius 2 is 2.00 bits per heavy atom. The third-order valence-corrected chi connectivity index (χ3v) is 3.28. The lowest BCUT2D eigenvalue weighted by molar-refractivity contribution is 0.0694. The van der Waals surface area contributed by atoms with Crippen LogP contribution >= 0.6 is 0 Å². The Kier molecular flexibility index (Phi) is 6.22. The van der Waals surface area contributed by atoms with Crippen LogP contribution in [0.15, 0.2) is 0 Å². The second kappa shape index (κ2) is 7.20. The Morgan fingerprint density at radius 3 is 2.60 bits per heavy atom. The summed E-state index contributed by atoms with van der Waals surface area (Å²) in [4.78, 5) is 0.